The Balaban J connectivity index is 2.02. The van der Waals surface area contributed by atoms with Crippen LogP contribution in [0.1, 0.15) is 27.2 Å². The fourth-order valence-corrected chi connectivity index (χ4v) is 2.40. The minimum absolute atomic E-state index is 0.284. The molecule has 2 aromatic rings. The van der Waals surface area contributed by atoms with Crippen LogP contribution in [0.25, 0.3) is 11.1 Å². The van der Waals surface area contributed by atoms with Gasteiger partial charge in [0.15, 0.2) is 0 Å². The lowest BCUT2D eigenvalue weighted by Crippen LogP contribution is -2.45. The Kier molecular flexibility index (Phi) is 4.77. The molecule has 2 rings (SSSR count). The number of nitrogens with zero attached hydrogens (tertiary/aromatic N) is 3. The second-order valence-electron chi connectivity index (χ2n) is 5.85. The second kappa shape index (κ2) is 6.55. The van der Waals surface area contributed by atoms with E-state index in [1.165, 1.54) is 0 Å². The van der Waals surface area contributed by atoms with Crippen LogP contribution in [0.2, 0.25) is 0 Å². The van der Waals surface area contributed by atoms with E-state index in [9.17, 15) is 5.26 Å². The van der Waals surface area contributed by atoms with Crippen LogP contribution < -0.4 is 5.32 Å². The van der Waals surface area contributed by atoms with Gasteiger partial charge in [-0.25, -0.2) is 0 Å². The Labute approximate surface area is 126 Å². The van der Waals surface area contributed by atoms with Gasteiger partial charge < -0.3 is 0 Å². The summed E-state index contributed by atoms with van der Waals surface area (Å²) in [6.07, 6.45) is 4.62. The van der Waals surface area contributed by atoms with Gasteiger partial charge >= 0.3 is 0 Å². The molecule has 4 nitrogen and oxygen atoms in total. The molecule has 1 aromatic carbocycles. The van der Waals surface area contributed by atoms with Crippen LogP contribution in [0.4, 0.5) is 0 Å². The number of benzene rings is 1. The van der Waals surface area contributed by atoms with Crippen LogP contribution in [0.15, 0.2) is 42.7 Å². The molecule has 0 aliphatic rings. The molecule has 0 fully saturated rings. The Morgan fingerprint density at radius 3 is 2.62 bits per heavy atom. The quantitative estimate of drug-likeness (QED) is 0.885. The smallest absolute Gasteiger partial charge is 0.105 e. The van der Waals surface area contributed by atoms with Gasteiger partial charge in [0.05, 0.1) is 12.3 Å². The molecule has 0 amide bonds. The highest BCUT2D eigenvalue weighted by Gasteiger charge is 2.24. The molecule has 21 heavy (non-hydrogen) atoms. The van der Waals surface area contributed by atoms with E-state index in [2.05, 4.69) is 42.5 Å². The predicted octanol–water partition coefficient (Wildman–Crippen LogP) is 3.22. The van der Waals surface area contributed by atoms with E-state index in [-0.39, 0.29) is 6.04 Å². The molecule has 0 bridgehead atoms. The van der Waals surface area contributed by atoms with Crippen molar-refractivity contribution in [3.05, 3.63) is 42.7 Å². The van der Waals surface area contributed by atoms with Gasteiger partial charge in [-0.05, 0) is 32.8 Å². The Hall–Kier alpha value is -2.12. The molecule has 1 heterocycles. The molecule has 1 unspecified atom stereocenters. The van der Waals surface area contributed by atoms with Gasteiger partial charge in [0, 0.05) is 24.3 Å². The van der Waals surface area contributed by atoms with Gasteiger partial charge in [-0.15, -0.1) is 0 Å². The van der Waals surface area contributed by atoms with Gasteiger partial charge in [-0.2, -0.15) is 10.4 Å². The standard InChI is InChI=1S/C17H22N4/c1-14(2)20-17(3,13-18)9-10-21-12-16(11-19-21)15-7-5-4-6-8-15/h4-8,11-12,14,20H,9-10H2,1-3H3. The summed E-state index contributed by atoms with van der Waals surface area (Å²) in [4.78, 5) is 0. The van der Waals surface area contributed by atoms with Crippen molar-refractivity contribution in [3.8, 4) is 17.2 Å². The van der Waals surface area contributed by atoms with Crippen molar-refractivity contribution in [2.75, 3.05) is 0 Å². The number of hydrogen-bond acceptors (Lipinski definition) is 3. The third-order valence-electron chi connectivity index (χ3n) is 3.44. The number of hydrogen-bond donors (Lipinski definition) is 1. The Bertz CT molecular complexity index is 609. The molecule has 0 spiro atoms. The van der Waals surface area contributed by atoms with Crippen LogP contribution in [0.3, 0.4) is 0 Å². The zero-order valence-corrected chi connectivity index (χ0v) is 12.9. The highest BCUT2D eigenvalue weighted by molar-refractivity contribution is 5.61. The third-order valence-corrected chi connectivity index (χ3v) is 3.44. The fraction of sp³-hybridized carbons (Fsp3) is 0.412. The second-order valence-corrected chi connectivity index (χ2v) is 5.85. The Morgan fingerprint density at radius 2 is 2.00 bits per heavy atom. The first kappa shape index (κ1) is 15.3. The maximum Gasteiger partial charge on any atom is 0.105 e. The summed E-state index contributed by atoms with van der Waals surface area (Å²) in [7, 11) is 0. The summed E-state index contributed by atoms with van der Waals surface area (Å²) in [5.41, 5.74) is 1.74. The van der Waals surface area contributed by atoms with Crippen molar-refractivity contribution in [1.29, 1.82) is 5.26 Å². The van der Waals surface area contributed by atoms with Crippen molar-refractivity contribution in [1.82, 2.24) is 15.1 Å². The molecular formula is C17H22N4. The third kappa shape index (κ3) is 4.17. The highest BCUT2D eigenvalue weighted by Crippen LogP contribution is 2.18. The number of aryl methyl sites for hydroxylation is 1. The minimum Gasteiger partial charge on any atom is -0.297 e. The van der Waals surface area contributed by atoms with E-state index in [0.29, 0.717) is 0 Å². The zero-order valence-electron chi connectivity index (χ0n) is 12.9. The van der Waals surface area contributed by atoms with Crippen molar-refractivity contribution in [3.63, 3.8) is 0 Å². The normalized spacial score (nSPS) is 13.9. The van der Waals surface area contributed by atoms with E-state index in [1.807, 2.05) is 42.2 Å². The largest absolute Gasteiger partial charge is 0.297 e. The molecule has 110 valence electrons. The first-order valence-corrected chi connectivity index (χ1v) is 7.29. The summed E-state index contributed by atoms with van der Waals surface area (Å²) in [6.45, 7) is 6.76. The van der Waals surface area contributed by atoms with Gasteiger partial charge in [-0.1, -0.05) is 30.3 Å². The summed E-state index contributed by atoms with van der Waals surface area (Å²) in [6, 6.07) is 12.8. The van der Waals surface area contributed by atoms with Gasteiger partial charge in [-0.3, -0.25) is 10.00 Å². The molecule has 1 atom stereocenters. The maximum absolute atomic E-state index is 9.35. The average molecular weight is 282 g/mol. The molecule has 0 saturated heterocycles. The summed E-state index contributed by atoms with van der Waals surface area (Å²) in [5.74, 6) is 0. The molecular weight excluding hydrogens is 260 g/mol. The predicted molar refractivity (Wildman–Crippen MR) is 84.6 cm³/mol. The number of nitriles is 1. The lowest BCUT2D eigenvalue weighted by atomic mass is 9.99. The van der Waals surface area contributed by atoms with Crippen molar-refractivity contribution < 1.29 is 0 Å². The number of nitrogens with one attached hydrogen (secondary N) is 1. The lowest BCUT2D eigenvalue weighted by molar-refractivity contribution is 0.355. The van der Waals surface area contributed by atoms with Crippen LogP contribution in [-0.2, 0) is 6.54 Å². The van der Waals surface area contributed by atoms with E-state index < -0.39 is 5.54 Å². The van der Waals surface area contributed by atoms with Crippen molar-refractivity contribution in [2.24, 2.45) is 0 Å². The van der Waals surface area contributed by atoms with Gasteiger partial charge in [0.1, 0.15) is 5.54 Å². The molecule has 0 aliphatic carbocycles. The maximum atomic E-state index is 9.35. The van der Waals surface area contributed by atoms with Crippen LogP contribution >= 0.6 is 0 Å². The molecule has 1 N–H and O–H groups in total. The van der Waals surface area contributed by atoms with Crippen LogP contribution in [0, 0.1) is 11.3 Å². The van der Waals surface area contributed by atoms with E-state index in [0.717, 1.165) is 24.1 Å². The number of rotatable bonds is 6. The monoisotopic (exact) mass is 282 g/mol. The topological polar surface area (TPSA) is 53.6 Å². The first-order chi connectivity index (χ1) is 10.0. The van der Waals surface area contributed by atoms with Gasteiger partial charge in [0.2, 0.25) is 0 Å². The van der Waals surface area contributed by atoms with Crippen LogP contribution in [-0.4, -0.2) is 21.4 Å². The molecule has 0 radical (unpaired) electrons. The van der Waals surface area contributed by atoms with E-state index in [4.69, 9.17) is 0 Å². The average Bonchev–Trinajstić information content (AvgIpc) is 2.94. The highest BCUT2D eigenvalue weighted by atomic mass is 15.3. The first-order valence-electron chi connectivity index (χ1n) is 7.29. The van der Waals surface area contributed by atoms with Crippen LogP contribution in [0.5, 0.6) is 0 Å². The fourth-order valence-electron chi connectivity index (χ4n) is 2.40. The summed E-state index contributed by atoms with van der Waals surface area (Å²) < 4.78 is 1.90. The molecule has 0 saturated carbocycles. The van der Waals surface area contributed by atoms with Gasteiger partial charge in [0.25, 0.3) is 0 Å². The Morgan fingerprint density at radius 1 is 1.29 bits per heavy atom. The van der Waals surface area contributed by atoms with E-state index >= 15 is 0 Å². The SMILES string of the molecule is CC(C)NC(C)(C#N)CCn1cc(-c2ccccc2)cn1. The molecule has 4 heteroatoms. The van der Waals surface area contributed by atoms with Crippen molar-refractivity contribution >= 4 is 0 Å². The summed E-state index contributed by atoms with van der Waals surface area (Å²) >= 11 is 0. The summed E-state index contributed by atoms with van der Waals surface area (Å²) in [5, 5.41) is 17.1. The lowest BCUT2D eigenvalue weighted by Gasteiger charge is -2.25. The molecule has 0 aliphatic heterocycles. The minimum atomic E-state index is -0.521. The zero-order chi connectivity index (χ0) is 15.3. The molecule has 1 aromatic heterocycles. The number of aromatic nitrogens is 2. The van der Waals surface area contributed by atoms with E-state index in [1.54, 1.807) is 0 Å². The van der Waals surface area contributed by atoms with Crippen molar-refractivity contribution in [2.45, 2.75) is 45.3 Å².